The molecule has 0 amide bonds. The van der Waals surface area contributed by atoms with Gasteiger partial charge in [0.25, 0.3) is 0 Å². The maximum absolute atomic E-state index is 14.3. The fourth-order valence-corrected chi connectivity index (χ4v) is 5.96. The summed E-state index contributed by atoms with van der Waals surface area (Å²) in [5.74, 6) is -12.0. The Bertz CT molecular complexity index is 1280. The second kappa shape index (κ2) is 16.9. The Morgan fingerprint density at radius 3 is 1.37 bits per heavy atom. The van der Waals surface area contributed by atoms with Crippen LogP contribution < -0.4 is 0 Å². The number of esters is 5. The zero-order chi connectivity index (χ0) is 36.6. The highest BCUT2D eigenvalue weighted by atomic mass is 16.6. The van der Waals surface area contributed by atoms with Crippen LogP contribution in [-0.2, 0) is 62.0 Å². The molecule has 0 aliphatic carbocycles. The van der Waals surface area contributed by atoms with Crippen molar-refractivity contribution in [2.45, 2.75) is 122 Å². The molecule has 0 aromatic heterocycles. The van der Waals surface area contributed by atoms with Crippen LogP contribution in [-0.4, -0.2) is 100 Å². The van der Waals surface area contributed by atoms with E-state index in [1.54, 1.807) is 0 Å². The summed E-state index contributed by atoms with van der Waals surface area (Å²) in [5.41, 5.74) is -2.81. The lowest BCUT2D eigenvalue weighted by Crippen LogP contribution is -2.61. The first-order valence-corrected chi connectivity index (χ1v) is 16.3. The van der Waals surface area contributed by atoms with Gasteiger partial charge in [0, 0.05) is 44.3 Å². The summed E-state index contributed by atoms with van der Waals surface area (Å²) in [7, 11) is 0. The molecule has 9 atom stereocenters. The van der Waals surface area contributed by atoms with Crippen molar-refractivity contribution in [3.8, 4) is 0 Å². The Morgan fingerprint density at radius 2 is 0.980 bits per heavy atom. The van der Waals surface area contributed by atoms with E-state index in [-0.39, 0.29) is 25.7 Å². The third-order valence-corrected chi connectivity index (χ3v) is 8.83. The highest BCUT2D eigenvalue weighted by molar-refractivity contribution is 6.13. The van der Waals surface area contributed by atoms with E-state index in [1.807, 2.05) is 0 Å². The number of Topliss-reactive ketones (excluding diaryl/α,β-unsaturated/α-hetero) is 3. The smallest absolute Gasteiger partial charge is 0.330 e. The summed E-state index contributed by atoms with van der Waals surface area (Å²) in [4.78, 5) is 108. The third-order valence-electron chi connectivity index (χ3n) is 8.83. The van der Waals surface area contributed by atoms with Crippen molar-refractivity contribution in [2.24, 2.45) is 17.3 Å². The molecule has 15 nitrogen and oxygen atoms in total. The van der Waals surface area contributed by atoms with Crippen LogP contribution in [0.1, 0.15) is 79.6 Å². The molecule has 1 fully saturated rings. The van der Waals surface area contributed by atoms with E-state index in [0.717, 1.165) is 24.3 Å². The minimum atomic E-state index is -2.81. The van der Waals surface area contributed by atoms with Crippen LogP contribution in [0.5, 0.6) is 0 Å². The monoisotopic (exact) mass is 692 g/mol. The number of hydrogen-bond donors (Lipinski definition) is 2. The van der Waals surface area contributed by atoms with Crippen LogP contribution in [0.3, 0.4) is 0 Å². The summed E-state index contributed by atoms with van der Waals surface area (Å²) < 4.78 is 26.9. The van der Waals surface area contributed by atoms with Crippen molar-refractivity contribution in [3.05, 3.63) is 24.3 Å². The number of cyclic esters (lactones) is 5. The van der Waals surface area contributed by atoms with Crippen molar-refractivity contribution < 1.29 is 72.3 Å². The average molecular weight is 693 g/mol. The van der Waals surface area contributed by atoms with Crippen molar-refractivity contribution in [1.29, 1.82) is 0 Å². The molecule has 3 rings (SSSR count). The number of aliphatic hydroxyl groups excluding tert-OH is 2. The van der Waals surface area contributed by atoms with Crippen molar-refractivity contribution in [1.82, 2.24) is 0 Å². The van der Waals surface area contributed by atoms with Gasteiger partial charge in [-0.3, -0.25) is 28.8 Å². The van der Waals surface area contributed by atoms with Gasteiger partial charge in [-0.05, 0) is 59.6 Å². The maximum atomic E-state index is 14.3. The zero-order valence-electron chi connectivity index (χ0n) is 28.2. The molecule has 0 saturated carbocycles. The number of aliphatic hydroxyl groups is 2. The molecule has 0 unspecified atom stereocenters. The van der Waals surface area contributed by atoms with Crippen LogP contribution in [0.4, 0.5) is 0 Å². The van der Waals surface area contributed by atoms with E-state index >= 15 is 0 Å². The minimum Gasteiger partial charge on any atom is -0.461 e. The summed E-state index contributed by atoms with van der Waals surface area (Å²) in [6.07, 6.45) is -7.40. The first-order valence-electron chi connectivity index (χ1n) is 16.3. The molecule has 0 aromatic carbocycles. The molecular formula is C34H44O15. The fourth-order valence-electron chi connectivity index (χ4n) is 5.96. The van der Waals surface area contributed by atoms with Crippen LogP contribution in [0.15, 0.2) is 24.3 Å². The standard InChI is InChI=1S/C34H44O15/c1-17-6-8-22(35)15-24(31(42)48-20(4)26(37)10-12-29(40)45-17)34(28(39)14-19(3)47-33(34)44)25-16-23(36)9-7-18(2)46-30(41)13-11-27(38)21(5)49-32(25)43/h10-13,17-21,24-27,37-38H,6-9,14-16H2,1-5H3/b12-10-,13-11-/t17-,18-,19-,20-,21-,24-,25-,26+,27+/m0/s1. The number of carbonyl (C=O) groups is 8. The van der Waals surface area contributed by atoms with Gasteiger partial charge in [-0.25, -0.2) is 9.59 Å². The summed E-state index contributed by atoms with van der Waals surface area (Å²) in [6, 6.07) is 0. The van der Waals surface area contributed by atoms with E-state index in [4.69, 9.17) is 23.7 Å². The largest absolute Gasteiger partial charge is 0.461 e. The van der Waals surface area contributed by atoms with Gasteiger partial charge in [-0.2, -0.15) is 0 Å². The maximum Gasteiger partial charge on any atom is 0.330 e. The SMILES string of the molecule is C[C@@H]1OC(=O)[C@@H](C2([C@H]3CC(=O)CC[C@H](C)OC(=O)/C=C\[C@@H](O)[C@H](C)OC3=O)C(=O)C[C@H](C)OC2=O)CC(=O)CC[C@H](C)OC(=O)/C=C\[C@H]1O. The molecule has 0 bridgehead atoms. The molecule has 1 saturated heterocycles. The second-order valence-electron chi connectivity index (χ2n) is 12.9. The van der Waals surface area contributed by atoms with Crippen molar-refractivity contribution in [3.63, 3.8) is 0 Å². The van der Waals surface area contributed by atoms with Crippen molar-refractivity contribution in [2.75, 3.05) is 0 Å². The number of ether oxygens (including phenoxy) is 5. The second-order valence-corrected chi connectivity index (χ2v) is 12.9. The molecule has 270 valence electrons. The van der Waals surface area contributed by atoms with Gasteiger partial charge < -0.3 is 33.9 Å². The van der Waals surface area contributed by atoms with Gasteiger partial charge in [-0.15, -0.1) is 0 Å². The molecular weight excluding hydrogens is 648 g/mol. The zero-order valence-corrected chi connectivity index (χ0v) is 28.2. The first kappa shape index (κ1) is 39.2. The first-order chi connectivity index (χ1) is 22.9. The summed E-state index contributed by atoms with van der Waals surface area (Å²) in [5, 5.41) is 21.2. The Labute approximate surface area is 283 Å². The van der Waals surface area contributed by atoms with Gasteiger partial charge in [0.15, 0.2) is 11.2 Å². The predicted octanol–water partition coefficient (Wildman–Crippen LogP) is 1.18. The molecule has 15 heteroatoms. The molecule has 49 heavy (non-hydrogen) atoms. The lowest BCUT2D eigenvalue weighted by atomic mass is 9.59. The van der Waals surface area contributed by atoms with Crippen LogP contribution in [0.2, 0.25) is 0 Å². The minimum absolute atomic E-state index is 0.0167. The average Bonchev–Trinajstić information content (AvgIpc) is 3.01. The quantitative estimate of drug-likeness (QED) is 0.236. The fraction of sp³-hybridized carbons (Fsp3) is 0.647. The molecule has 3 aliphatic rings. The molecule has 0 aromatic rings. The summed E-state index contributed by atoms with van der Waals surface area (Å²) >= 11 is 0. The Balaban J connectivity index is 2.22. The van der Waals surface area contributed by atoms with E-state index in [0.29, 0.717) is 0 Å². The van der Waals surface area contributed by atoms with E-state index in [2.05, 4.69) is 0 Å². The Kier molecular flexibility index (Phi) is 13.5. The van der Waals surface area contributed by atoms with Gasteiger partial charge in [0.2, 0.25) is 0 Å². The van der Waals surface area contributed by atoms with E-state index < -0.39 is 126 Å². The molecule has 3 heterocycles. The Morgan fingerprint density at radius 1 is 0.571 bits per heavy atom. The van der Waals surface area contributed by atoms with Gasteiger partial charge >= 0.3 is 29.8 Å². The lowest BCUT2D eigenvalue weighted by molar-refractivity contribution is -0.198. The highest BCUT2D eigenvalue weighted by Gasteiger charge is 2.66. The van der Waals surface area contributed by atoms with Gasteiger partial charge in [0.05, 0.1) is 24.0 Å². The molecule has 3 aliphatic heterocycles. The van der Waals surface area contributed by atoms with Crippen LogP contribution in [0, 0.1) is 17.3 Å². The highest BCUT2D eigenvalue weighted by Crippen LogP contribution is 2.48. The lowest BCUT2D eigenvalue weighted by Gasteiger charge is -2.44. The topological polar surface area (TPSA) is 223 Å². The molecule has 0 radical (unpaired) electrons. The van der Waals surface area contributed by atoms with Gasteiger partial charge in [0.1, 0.15) is 42.1 Å². The van der Waals surface area contributed by atoms with Gasteiger partial charge in [-0.1, -0.05) is 0 Å². The Hall–Kier alpha value is -4.24. The summed E-state index contributed by atoms with van der Waals surface area (Å²) in [6.45, 7) is 6.96. The van der Waals surface area contributed by atoms with E-state index in [9.17, 15) is 48.6 Å². The number of rotatable bonds is 2. The van der Waals surface area contributed by atoms with Crippen molar-refractivity contribution >= 4 is 47.2 Å². The number of hydrogen-bond acceptors (Lipinski definition) is 15. The predicted molar refractivity (Wildman–Crippen MR) is 165 cm³/mol. The van der Waals surface area contributed by atoms with E-state index in [1.165, 1.54) is 34.6 Å². The van der Waals surface area contributed by atoms with Crippen LogP contribution >= 0.6 is 0 Å². The van der Waals surface area contributed by atoms with Crippen LogP contribution in [0.25, 0.3) is 0 Å². The third kappa shape index (κ3) is 9.91. The normalized spacial score (nSPS) is 36.1. The number of carbonyl (C=O) groups excluding carboxylic acids is 8. The molecule has 0 spiro atoms. The number of ketones is 3. The molecule has 2 N–H and O–H groups in total.